The van der Waals surface area contributed by atoms with E-state index in [9.17, 15) is 13.2 Å². The van der Waals surface area contributed by atoms with Gasteiger partial charge in [-0.2, -0.15) is 0 Å². The number of benzene rings is 2. The zero-order chi connectivity index (χ0) is 22.5. The van der Waals surface area contributed by atoms with E-state index in [0.717, 1.165) is 16.0 Å². The van der Waals surface area contributed by atoms with Crippen molar-refractivity contribution in [2.75, 3.05) is 12.8 Å². The van der Waals surface area contributed by atoms with Gasteiger partial charge in [0.25, 0.3) is 10.0 Å². The molecule has 0 saturated carbocycles. The molecule has 0 amide bonds. The summed E-state index contributed by atoms with van der Waals surface area (Å²) < 4.78 is 32.1. The molecule has 6 nitrogen and oxygen atoms in total. The molecule has 0 heterocycles. The smallest absolute Gasteiger partial charge is 0.324 e. The molecule has 8 heteroatoms. The summed E-state index contributed by atoms with van der Waals surface area (Å²) in [6, 6.07) is 14.5. The van der Waals surface area contributed by atoms with Crippen LogP contribution in [0.2, 0.25) is 0 Å². The van der Waals surface area contributed by atoms with Crippen molar-refractivity contribution in [2.45, 2.75) is 56.1 Å². The molecule has 0 aliphatic rings. The third-order valence-corrected chi connectivity index (χ3v) is 6.21. The van der Waals surface area contributed by atoms with E-state index in [2.05, 4.69) is 0 Å². The van der Waals surface area contributed by atoms with Crippen LogP contribution in [0.5, 0.6) is 0 Å². The first kappa shape index (κ1) is 24.4. The van der Waals surface area contributed by atoms with Crippen LogP contribution in [0.15, 0.2) is 58.3 Å². The number of hydroxylamine groups is 1. The third kappa shape index (κ3) is 6.84. The van der Waals surface area contributed by atoms with Crippen LogP contribution in [-0.2, 0) is 24.4 Å². The lowest BCUT2D eigenvalue weighted by molar-refractivity contribution is -0.170. The number of esters is 1. The number of thioether (sulfide) groups is 1. The first-order valence-electron chi connectivity index (χ1n) is 9.58. The van der Waals surface area contributed by atoms with Crippen molar-refractivity contribution in [3.8, 4) is 11.1 Å². The number of nitrogens with zero attached hydrogens (tertiary/aromatic N) is 1. The highest BCUT2D eigenvalue weighted by Gasteiger charge is 2.30. The summed E-state index contributed by atoms with van der Waals surface area (Å²) in [5.41, 5.74) is 1.16. The Morgan fingerprint density at radius 1 is 1.00 bits per heavy atom. The fourth-order valence-electron chi connectivity index (χ4n) is 2.61. The molecule has 0 aliphatic carbocycles. The largest absolute Gasteiger partial charge is 0.459 e. The SMILES string of the molecule is CSc1ccc(-c2ccc(S(=O)(=O)N(CC(=O)OC(C)(C)C)OC(C)C)cc2)cc1. The van der Waals surface area contributed by atoms with E-state index in [4.69, 9.17) is 9.57 Å². The second-order valence-corrected chi connectivity index (χ2v) is 10.7. The van der Waals surface area contributed by atoms with Gasteiger partial charge in [0.1, 0.15) is 12.1 Å². The molecule has 2 rings (SSSR count). The fourth-order valence-corrected chi connectivity index (χ4v) is 4.30. The molecule has 2 aromatic rings. The fraction of sp³-hybridized carbons (Fsp3) is 0.409. The molecule has 0 bridgehead atoms. The van der Waals surface area contributed by atoms with Crippen molar-refractivity contribution in [3.05, 3.63) is 48.5 Å². The Hall–Kier alpha value is -1.87. The maximum atomic E-state index is 13.1. The number of rotatable bonds is 8. The predicted molar refractivity (Wildman–Crippen MR) is 120 cm³/mol. The lowest BCUT2D eigenvalue weighted by atomic mass is 10.1. The van der Waals surface area contributed by atoms with E-state index in [-0.39, 0.29) is 4.90 Å². The zero-order valence-electron chi connectivity index (χ0n) is 18.2. The van der Waals surface area contributed by atoms with Crippen molar-refractivity contribution >= 4 is 27.8 Å². The minimum Gasteiger partial charge on any atom is -0.459 e. The molecule has 0 spiro atoms. The molecule has 0 aliphatic heterocycles. The summed E-state index contributed by atoms with van der Waals surface area (Å²) in [7, 11) is -4.05. The molecule has 0 saturated heterocycles. The molecule has 30 heavy (non-hydrogen) atoms. The molecule has 0 N–H and O–H groups in total. The van der Waals surface area contributed by atoms with Gasteiger partial charge < -0.3 is 4.74 Å². The van der Waals surface area contributed by atoms with Crippen LogP contribution >= 0.6 is 11.8 Å². The van der Waals surface area contributed by atoms with Gasteiger partial charge in [0.15, 0.2) is 0 Å². The number of carbonyl (C=O) groups excluding carboxylic acids is 1. The standard InChI is InChI=1S/C22H29NO5S2/c1-16(2)28-23(15-21(24)27-22(3,4)5)30(25,26)20-13-9-18(10-14-20)17-7-11-19(29-6)12-8-17/h7-14,16H,15H2,1-6H3. The minimum absolute atomic E-state index is 0.0381. The van der Waals surface area contributed by atoms with Crippen molar-refractivity contribution in [1.29, 1.82) is 0 Å². The Balaban J connectivity index is 2.27. The summed E-state index contributed by atoms with van der Waals surface area (Å²) >= 11 is 1.66. The van der Waals surface area contributed by atoms with Crippen LogP contribution in [0.1, 0.15) is 34.6 Å². The number of hydrogen-bond acceptors (Lipinski definition) is 6. The van der Waals surface area contributed by atoms with Crippen LogP contribution < -0.4 is 0 Å². The van der Waals surface area contributed by atoms with E-state index in [1.165, 1.54) is 12.1 Å². The highest BCUT2D eigenvalue weighted by Crippen LogP contribution is 2.26. The van der Waals surface area contributed by atoms with Crippen LogP contribution in [-0.4, -0.2) is 43.4 Å². The summed E-state index contributed by atoms with van der Waals surface area (Å²) in [5, 5.41) is 0. The van der Waals surface area contributed by atoms with Crippen LogP contribution in [0.4, 0.5) is 0 Å². The van der Waals surface area contributed by atoms with Gasteiger partial charge in [-0.15, -0.1) is 11.8 Å². The van der Waals surface area contributed by atoms with E-state index < -0.39 is 34.2 Å². The molecule has 0 atom stereocenters. The second-order valence-electron chi connectivity index (χ2n) is 7.96. The maximum Gasteiger partial charge on any atom is 0.324 e. The average Bonchev–Trinajstić information content (AvgIpc) is 2.66. The number of carbonyl (C=O) groups is 1. The summed E-state index contributed by atoms with van der Waals surface area (Å²) in [5.74, 6) is -0.683. The summed E-state index contributed by atoms with van der Waals surface area (Å²) in [4.78, 5) is 18.8. The normalized spacial score (nSPS) is 12.4. The van der Waals surface area contributed by atoms with Gasteiger partial charge in [0.2, 0.25) is 0 Å². The second kappa shape index (κ2) is 9.96. The Morgan fingerprint density at radius 3 is 1.93 bits per heavy atom. The van der Waals surface area contributed by atoms with Crippen molar-refractivity contribution < 1.29 is 22.8 Å². The van der Waals surface area contributed by atoms with Gasteiger partial charge in [-0.25, -0.2) is 8.42 Å². The van der Waals surface area contributed by atoms with Crippen molar-refractivity contribution in [1.82, 2.24) is 4.47 Å². The molecular weight excluding hydrogens is 422 g/mol. The Morgan fingerprint density at radius 2 is 1.50 bits per heavy atom. The predicted octanol–water partition coefficient (Wildman–Crippen LogP) is 4.75. The van der Waals surface area contributed by atoms with E-state index in [1.807, 2.05) is 30.5 Å². The molecule has 0 fully saturated rings. The zero-order valence-corrected chi connectivity index (χ0v) is 19.8. The van der Waals surface area contributed by atoms with E-state index in [1.54, 1.807) is 58.5 Å². The Labute approximate surface area is 183 Å². The topological polar surface area (TPSA) is 72.9 Å². The first-order chi connectivity index (χ1) is 13.9. The number of ether oxygens (including phenoxy) is 1. The monoisotopic (exact) mass is 451 g/mol. The van der Waals surface area contributed by atoms with E-state index >= 15 is 0 Å². The first-order valence-corrected chi connectivity index (χ1v) is 12.2. The van der Waals surface area contributed by atoms with Gasteiger partial charge in [-0.3, -0.25) is 9.63 Å². The van der Waals surface area contributed by atoms with Gasteiger partial charge >= 0.3 is 5.97 Å². The lowest BCUT2D eigenvalue weighted by Crippen LogP contribution is -2.40. The van der Waals surface area contributed by atoms with Gasteiger partial charge in [0, 0.05) is 4.90 Å². The Bertz CT molecular complexity index is 947. The number of hydrogen-bond donors (Lipinski definition) is 0. The average molecular weight is 452 g/mol. The van der Waals surface area contributed by atoms with E-state index in [0.29, 0.717) is 4.47 Å². The van der Waals surface area contributed by atoms with Gasteiger partial charge in [-0.05, 0) is 76.3 Å². The molecule has 0 radical (unpaired) electrons. The van der Waals surface area contributed by atoms with Crippen molar-refractivity contribution in [3.63, 3.8) is 0 Å². The highest BCUT2D eigenvalue weighted by atomic mass is 32.2. The van der Waals surface area contributed by atoms with Gasteiger partial charge in [-0.1, -0.05) is 28.7 Å². The summed E-state index contributed by atoms with van der Waals surface area (Å²) in [6.45, 7) is 8.01. The maximum absolute atomic E-state index is 13.1. The Kier molecular flexibility index (Phi) is 8.10. The lowest BCUT2D eigenvalue weighted by Gasteiger charge is -2.25. The highest BCUT2D eigenvalue weighted by molar-refractivity contribution is 7.98. The molecule has 2 aromatic carbocycles. The molecule has 0 unspecified atom stereocenters. The number of sulfonamides is 1. The van der Waals surface area contributed by atoms with Crippen LogP contribution in [0.25, 0.3) is 11.1 Å². The molecular formula is C22H29NO5S2. The quantitative estimate of drug-likeness (QED) is 0.328. The minimum atomic E-state index is -4.05. The van der Waals surface area contributed by atoms with Crippen molar-refractivity contribution in [2.24, 2.45) is 0 Å². The molecule has 164 valence electrons. The summed E-state index contributed by atoms with van der Waals surface area (Å²) in [6.07, 6.45) is 1.58. The van der Waals surface area contributed by atoms with Crippen LogP contribution in [0.3, 0.4) is 0 Å². The third-order valence-electron chi connectivity index (χ3n) is 3.85. The van der Waals surface area contributed by atoms with Crippen LogP contribution in [0, 0.1) is 0 Å². The molecule has 0 aromatic heterocycles. The van der Waals surface area contributed by atoms with Gasteiger partial charge in [0.05, 0.1) is 11.0 Å².